The molecule has 0 spiro atoms. The minimum absolute atomic E-state index is 0.301. The first-order valence-electron chi connectivity index (χ1n) is 5.57. The Kier molecular flexibility index (Phi) is 4.16. The molecule has 86 valence electrons. The molecule has 0 aromatic carbocycles. The second kappa shape index (κ2) is 5.62. The summed E-state index contributed by atoms with van der Waals surface area (Å²) in [5, 5.41) is 14.3. The summed E-state index contributed by atoms with van der Waals surface area (Å²) in [6.07, 6.45) is 2.54. The van der Waals surface area contributed by atoms with Crippen molar-refractivity contribution in [3.63, 3.8) is 0 Å². The largest absolute Gasteiger partial charge is 0.388 e. The third kappa shape index (κ3) is 2.94. The molecule has 1 N–H and O–H groups in total. The van der Waals surface area contributed by atoms with Crippen LogP contribution in [0.4, 0.5) is 0 Å². The highest BCUT2D eigenvalue weighted by atomic mass is 32.1. The molecule has 2 rings (SSSR count). The van der Waals surface area contributed by atoms with Gasteiger partial charge < -0.3 is 5.11 Å². The first kappa shape index (κ1) is 11.8. The molecule has 16 heavy (non-hydrogen) atoms. The van der Waals surface area contributed by atoms with Crippen LogP contribution in [0.3, 0.4) is 0 Å². The van der Waals surface area contributed by atoms with Gasteiger partial charge in [-0.3, -0.25) is 0 Å². The van der Waals surface area contributed by atoms with Crippen molar-refractivity contribution in [3.8, 4) is 0 Å². The summed E-state index contributed by atoms with van der Waals surface area (Å²) in [7, 11) is 0. The Hall–Kier alpha value is -0.640. The second-order valence-corrected chi connectivity index (χ2v) is 5.82. The number of hydrogen-bond donors (Lipinski definition) is 1. The number of rotatable bonds is 5. The molecule has 1 unspecified atom stereocenters. The smallest absolute Gasteiger partial charge is 0.0885 e. The van der Waals surface area contributed by atoms with Crippen LogP contribution in [0.15, 0.2) is 29.0 Å². The van der Waals surface area contributed by atoms with Crippen molar-refractivity contribution in [3.05, 3.63) is 44.3 Å². The van der Waals surface area contributed by atoms with E-state index in [0.717, 1.165) is 24.1 Å². The van der Waals surface area contributed by atoms with E-state index in [4.69, 9.17) is 0 Å². The number of thiophene rings is 2. The lowest BCUT2D eigenvalue weighted by Gasteiger charge is -2.07. The van der Waals surface area contributed by atoms with E-state index in [1.54, 1.807) is 22.7 Å². The van der Waals surface area contributed by atoms with Gasteiger partial charge in [0.2, 0.25) is 0 Å². The number of aliphatic hydroxyl groups is 1. The summed E-state index contributed by atoms with van der Waals surface area (Å²) in [6, 6.07) is 6.30. The maximum Gasteiger partial charge on any atom is 0.0885 e. The molecular formula is C13H16OS2. The van der Waals surface area contributed by atoms with E-state index in [0.29, 0.717) is 0 Å². The van der Waals surface area contributed by atoms with Gasteiger partial charge in [-0.05, 0) is 53.8 Å². The number of hydrogen-bond acceptors (Lipinski definition) is 3. The summed E-state index contributed by atoms with van der Waals surface area (Å²) in [5.41, 5.74) is 1.33. The van der Waals surface area contributed by atoms with Crippen LogP contribution in [0.5, 0.6) is 0 Å². The van der Waals surface area contributed by atoms with E-state index in [1.807, 2.05) is 0 Å². The molecule has 2 aromatic rings. The van der Waals surface area contributed by atoms with Gasteiger partial charge in [0.25, 0.3) is 0 Å². The lowest BCUT2D eigenvalue weighted by Crippen LogP contribution is -1.96. The molecular weight excluding hydrogens is 236 g/mol. The van der Waals surface area contributed by atoms with Gasteiger partial charge in [-0.15, -0.1) is 11.3 Å². The fourth-order valence-electron chi connectivity index (χ4n) is 1.64. The zero-order valence-corrected chi connectivity index (χ0v) is 11.0. The van der Waals surface area contributed by atoms with E-state index in [1.165, 1.54) is 10.4 Å². The monoisotopic (exact) mass is 252 g/mol. The van der Waals surface area contributed by atoms with Gasteiger partial charge in [-0.25, -0.2) is 0 Å². The summed E-state index contributed by atoms with van der Waals surface area (Å²) in [5.74, 6) is 0. The highest BCUT2D eigenvalue weighted by Crippen LogP contribution is 2.27. The fourth-order valence-corrected chi connectivity index (χ4v) is 3.32. The molecule has 0 aliphatic heterocycles. The van der Waals surface area contributed by atoms with Crippen LogP contribution >= 0.6 is 22.7 Å². The van der Waals surface area contributed by atoms with E-state index in [2.05, 4.69) is 35.9 Å². The average Bonchev–Trinajstić information content (AvgIpc) is 2.96. The Morgan fingerprint density at radius 3 is 2.81 bits per heavy atom. The van der Waals surface area contributed by atoms with Crippen molar-refractivity contribution in [1.29, 1.82) is 0 Å². The Balaban J connectivity index is 1.90. The van der Waals surface area contributed by atoms with Crippen LogP contribution in [0.25, 0.3) is 0 Å². The van der Waals surface area contributed by atoms with E-state index in [-0.39, 0.29) is 6.10 Å². The van der Waals surface area contributed by atoms with E-state index >= 15 is 0 Å². The molecule has 0 bridgehead atoms. The van der Waals surface area contributed by atoms with Crippen LogP contribution in [-0.2, 0) is 12.8 Å². The average molecular weight is 252 g/mol. The van der Waals surface area contributed by atoms with Gasteiger partial charge in [0, 0.05) is 9.75 Å². The van der Waals surface area contributed by atoms with Crippen molar-refractivity contribution >= 4 is 22.7 Å². The Morgan fingerprint density at radius 2 is 2.19 bits per heavy atom. The molecule has 0 amide bonds. The first-order chi connectivity index (χ1) is 7.79. The predicted octanol–water partition coefficient (Wildman–Crippen LogP) is 4.04. The molecule has 3 heteroatoms. The zero-order chi connectivity index (χ0) is 11.4. The summed E-state index contributed by atoms with van der Waals surface area (Å²) >= 11 is 3.45. The van der Waals surface area contributed by atoms with Crippen LogP contribution < -0.4 is 0 Å². The minimum Gasteiger partial charge on any atom is -0.388 e. The molecule has 0 saturated heterocycles. The SMILES string of the molecule is CCc1ccc(C(O)CCc2ccsc2)s1. The van der Waals surface area contributed by atoms with Gasteiger partial charge >= 0.3 is 0 Å². The van der Waals surface area contributed by atoms with Gasteiger partial charge in [0.05, 0.1) is 6.10 Å². The standard InChI is InChI=1S/C13H16OS2/c1-2-11-4-6-13(16-11)12(14)5-3-10-7-8-15-9-10/h4,6-9,12,14H,2-3,5H2,1H3. The van der Waals surface area contributed by atoms with Gasteiger partial charge in [0.1, 0.15) is 0 Å². The molecule has 2 aromatic heterocycles. The Bertz CT molecular complexity index is 417. The van der Waals surface area contributed by atoms with Crippen LogP contribution in [0.1, 0.15) is 34.8 Å². The minimum atomic E-state index is -0.301. The zero-order valence-electron chi connectivity index (χ0n) is 9.35. The van der Waals surface area contributed by atoms with Crippen molar-refractivity contribution in [1.82, 2.24) is 0 Å². The van der Waals surface area contributed by atoms with Gasteiger partial charge in [0.15, 0.2) is 0 Å². The van der Waals surface area contributed by atoms with Crippen LogP contribution in [0.2, 0.25) is 0 Å². The molecule has 0 saturated carbocycles. The summed E-state index contributed by atoms with van der Waals surface area (Å²) in [6.45, 7) is 2.15. The summed E-state index contributed by atoms with van der Waals surface area (Å²) in [4.78, 5) is 2.46. The normalized spacial score (nSPS) is 12.9. The summed E-state index contributed by atoms with van der Waals surface area (Å²) < 4.78 is 0. The topological polar surface area (TPSA) is 20.2 Å². The Labute approximate surface area is 104 Å². The first-order valence-corrected chi connectivity index (χ1v) is 7.33. The molecule has 0 aliphatic rings. The number of aryl methyl sites for hydroxylation is 2. The molecule has 0 fully saturated rings. The second-order valence-electron chi connectivity index (χ2n) is 3.84. The molecule has 1 nitrogen and oxygen atoms in total. The lowest BCUT2D eigenvalue weighted by atomic mass is 10.1. The van der Waals surface area contributed by atoms with Crippen molar-refractivity contribution in [2.75, 3.05) is 0 Å². The Morgan fingerprint density at radius 1 is 1.31 bits per heavy atom. The maximum absolute atomic E-state index is 10.0. The lowest BCUT2D eigenvalue weighted by molar-refractivity contribution is 0.171. The van der Waals surface area contributed by atoms with E-state index < -0.39 is 0 Å². The third-order valence-corrected chi connectivity index (χ3v) is 4.71. The highest BCUT2D eigenvalue weighted by Gasteiger charge is 2.10. The highest BCUT2D eigenvalue weighted by molar-refractivity contribution is 7.12. The van der Waals surface area contributed by atoms with Crippen molar-refractivity contribution in [2.24, 2.45) is 0 Å². The maximum atomic E-state index is 10.0. The van der Waals surface area contributed by atoms with E-state index in [9.17, 15) is 5.11 Å². The molecule has 0 aliphatic carbocycles. The van der Waals surface area contributed by atoms with Crippen molar-refractivity contribution in [2.45, 2.75) is 32.3 Å². The third-order valence-electron chi connectivity index (χ3n) is 2.65. The quantitative estimate of drug-likeness (QED) is 0.851. The van der Waals surface area contributed by atoms with Crippen molar-refractivity contribution < 1.29 is 5.11 Å². The van der Waals surface area contributed by atoms with Crippen LogP contribution in [-0.4, -0.2) is 5.11 Å². The molecule has 0 radical (unpaired) electrons. The molecule has 2 heterocycles. The number of aliphatic hydroxyl groups excluding tert-OH is 1. The van der Waals surface area contributed by atoms with Gasteiger partial charge in [-0.1, -0.05) is 6.92 Å². The van der Waals surface area contributed by atoms with Crippen LogP contribution in [0, 0.1) is 0 Å². The fraction of sp³-hybridized carbons (Fsp3) is 0.385. The molecule has 1 atom stereocenters. The van der Waals surface area contributed by atoms with Gasteiger partial charge in [-0.2, -0.15) is 11.3 Å². The predicted molar refractivity (Wildman–Crippen MR) is 71.3 cm³/mol.